The van der Waals surface area contributed by atoms with Crippen molar-refractivity contribution in [2.75, 3.05) is 19.6 Å². The molecule has 2 amide bonds. The lowest BCUT2D eigenvalue weighted by Crippen LogP contribution is -2.62. The second-order valence-electron chi connectivity index (χ2n) is 3.95. The van der Waals surface area contributed by atoms with Gasteiger partial charge in [-0.15, -0.1) is 0 Å². The van der Waals surface area contributed by atoms with Crippen molar-refractivity contribution in [2.24, 2.45) is 5.73 Å². The van der Waals surface area contributed by atoms with Crippen LogP contribution in [0.4, 0.5) is 13.2 Å². The van der Waals surface area contributed by atoms with Gasteiger partial charge in [0.15, 0.2) is 5.54 Å². The molecule has 0 radical (unpaired) electrons. The van der Waals surface area contributed by atoms with E-state index in [9.17, 15) is 22.8 Å². The summed E-state index contributed by atoms with van der Waals surface area (Å²) in [6, 6.07) is 0. The molecule has 18 heavy (non-hydrogen) atoms. The van der Waals surface area contributed by atoms with Gasteiger partial charge in [-0.1, -0.05) is 0 Å². The molecule has 0 rings (SSSR count). The van der Waals surface area contributed by atoms with E-state index < -0.39 is 30.1 Å². The minimum Gasteiger partial charge on any atom is -0.345 e. The van der Waals surface area contributed by atoms with Gasteiger partial charge < -0.3 is 16.0 Å². The van der Waals surface area contributed by atoms with Crippen LogP contribution < -0.4 is 11.1 Å². The highest BCUT2D eigenvalue weighted by atomic mass is 19.4. The van der Waals surface area contributed by atoms with Crippen molar-refractivity contribution in [3.63, 3.8) is 0 Å². The maximum Gasteiger partial charge on any atom is 0.415 e. The zero-order valence-electron chi connectivity index (χ0n) is 10.6. The Morgan fingerprint density at radius 3 is 2.00 bits per heavy atom. The van der Waals surface area contributed by atoms with Gasteiger partial charge in [-0.2, -0.15) is 13.2 Å². The highest BCUT2D eigenvalue weighted by Crippen LogP contribution is 2.27. The summed E-state index contributed by atoms with van der Waals surface area (Å²) in [4.78, 5) is 24.2. The number of amides is 2. The minimum absolute atomic E-state index is 0.421. The lowest BCUT2D eigenvalue weighted by Gasteiger charge is -2.26. The van der Waals surface area contributed by atoms with Crippen molar-refractivity contribution >= 4 is 11.8 Å². The first-order chi connectivity index (χ1) is 8.07. The fraction of sp³-hybridized carbons (Fsp3) is 0.800. The summed E-state index contributed by atoms with van der Waals surface area (Å²) in [5.74, 6) is -1.87. The number of carbonyl (C=O) groups is 2. The Morgan fingerprint density at radius 1 is 1.22 bits per heavy atom. The lowest BCUT2D eigenvalue weighted by atomic mass is 10.0. The first kappa shape index (κ1) is 16.7. The van der Waals surface area contributed by atoms with E-state index in [-0.39, 0.29) is 0 Å². The molecule has 0 bridgehead atoms. The van der Waals surface area contributed by atoms with E-state index in [1.807, 2.05) is 5.32 Å². The Bertz CT molecular complexity index is 312. The van der Waals surface area contributed by atoms with Crippen LogP contribution in [-0.4, -0.2) is 48.1 Å². The number of hydrogen-bond donors (Lipinski definition) is 2. The third kappa shape index (κ3) is 3.86. The van der Waals surface area contributed by atoms with Gasteiger partial charge in [0.1, 0.15) is 0 Å². The van der Waals surface area contributed by atoms with Crippen LogP contribution in [0.25, 0.3) is 0 Å². The second-order valence-corrected chi connectivity index (χ2v) is 3.95. The predicted octanol–water partition coefficient (Wildman–Crippen LogP) is 0.251. The van der Waals surface area contributed by atoms with Gasteiger partial charge in [-0.3, -0.25) is 9.59 Å². The van der Waals surface area contributed by atoms with Crippen LogP contribution >= 0.6 is 0 Å². The summed E-state index contributed by atoms with van der Waals surface area (Å²) in [6.07, 6.45) is -4.87. The second kappa shape index (κ2) is 6.03. The molecule has 0 aliphatic heterocycles. The van der Waals surface area contributed by atoms with Gasteiger partial charge in [0.05, 0.1) is 6.54 Å². The molecule has 0 aromatic rings. The molecular formula is C10H18F3N3O2. The van der Waals surface area contributed by atoms with E-state index in [4.69, 9.17) is 5.73 Å². The highest BCUT2D eigenvalue weighted by Gasteiger charge is 2.53. The summed E-state index contributed by atoms with van der Waals surface area (Å²) in [5.41, 5.74) is 1.90. The average Bonchev–Trinajstić information content (AvgIpc) is 2.25. The number of nitrogens with two attached hydrogens (primary N) is 1. The van der Waals surface area contributed by atoms with Crippen molar-refractivity contribution in [1.82, 2.24) is 10.2 Å². The zero-order valence-corrected chi connectivity index (χ0v) is 10.6. The van der Waals surface area contributed by atoms with Crippen LogP contribution in [0, 0.1) is 0 Å². The Labute approximate surface area is 103 Å². The van der Waals surface area contributed by atoms with E-state index in [0.29, 0.717) is 20.0 Å². The molecule has 0 aliphatic rings. The lowest BCUT2D eigenvalue weighted by molar-refractivity contribution is -0.187. The number of carbonyl (C=O) groups excluding carboxylic acids is 2. The van der Waals surface area contributed by atoms with E-state index in [1.165, 1.54) is 4.90 Å². The van der Waals surface area contributed by atoms with E-state index in [1.54, 1.807) is 13.8 Å². The smallest absolute Gasteiger partial charge is 0.345 e. The van der Waals surface area contributed by atoms with Crippen LogP contribution in [0.15, 0.2) is 0 Å². The van der Waals surface area contributed by atoms with Crippen LogP contribution in [-0.2, 0) is 9.59 Å². The number of alkyl halides is 3. The zero-order chi connectivity index (χ0) is 14.6. The highest BCUT2D eigenvalue weighted by molar-refractivity contribution is 5.90. The van der Waals surface area contributed by atoms with Crippen LogP contribution in [0.2, 0.25) is 0 Å². The quantitative estimate of drug-likeness (QED) is 0.751. The van der Waals surface area contributed by atoms with Crippen LogP contribution in [0.5, 0.6) is 0 Å². The Balaban J connectivity index is 4.48. The first-order valence-electron chi connectivity index (χ1n) is 5.49. The van der Waals surface area contributed by atoms with E-state index in [0.717, 1.165) is 0 Å². The van der Waals surface area contributed by atoms with Gasteiger partial charge in [0.2, 0.25) is 11.8 Å². The number of nitrogens with one attached hydrogen (secondary N) is 1. The molecule has 0 aliphatic carbocycles. The molecule has 1 atom stereocenters. The SMILES string of the molecule is CCN(CC)C(=O)CNC(=O)C(C)(N)C(F)(F)F. The summed E-state index contributed by atoms with van der Waals surface area (Å²) >= 11 is 0. The molecule has 106 valence electrons. The molecule has 5 nitrogen and oxygen atoms in total. The van der Waals surface area contributed by atoms with Gasteiger partial charge in [-0.25, -0.2) is 0 Å². The minimum atomic E-state index is -4.87. The van der Waals surface area contributed by atoms with Crippen molar-refractivity contribution in [2.45, 2.75) is 32.5 Å². The van der Waals surface area contributed by atoms with Crippen molar-refractivity contribution in [3.05, 3.63) is 0 Å². The van der Waals surface area contributed by atoms with Crippen molar-refractivity contribution in [1.29, 1.82) is 0 Å². The normalized spacial score (nSPS) is 14.8. The van der Waals surface area contributed by atoms with Gasteiger partial charge in [0.25, 0.3) is 0 Å². The average molecular weight is 269 g/mol. The summed E-state index contributed by atoms with van der Waals surface area (Å²) in [7, 11) is 0. The van der Waals surface area contributed by atoms with Gasteiger partial charge in [0, 0.05) is 13.1 Å². The predicted molar refractivity (Wildman–Crippen MR) is 59.6 cm³/mol. The van der Waals surface area contributed by atoms with Crippen molar-refractivity contribution in [3.8, 4) is 0 Å². The topological polar surface area (TPSA) is 75.4 Å². The molecule has 0 aromatic carbocycles. The molecule has 3 N–H and O–H groups in total. The third-order valence-corrected chi connectivity index (χ3v) is 2.58. The molecule has 0 saturated heterocycles. The van der Waals surface area contributed by atoms with Crippen molar-refractivity contribution < 1.29 is 22.8 Å². The first-order valence-corrected chi connectivity index (χ1v) is 5.49. The molecule has 0 fully saturated rings. The molecule has 1 unspecified atom stereocenters. The maximum atomic E-state index is 12.4. The van der Waals surface area contributed by atoms with E-state index in [2.05, 4.69) is 0 Å². The summed E-state index contributed by atoms with van der Waals surface area (Å²) in [6.45, 7) is 4.36. The van der Waals surface area contributed by atoms with Gasteiger partial charge in [-0.05, 0) is 20.8 Å². The van der Waals surface area contributed by atoms with E-state index >= 15 is 0 Å². The Morgan fingerprint density at radius 2 is 1.67 bits per heavy atom. The molecular weight excluding hydrogens is 251 g/mol. The standard InChI is InChI=1S/C10H18F3N3O2/c1-4-16(5-2)7(17)6-15-8(18)9(3,14)10(11,12)13/h4-6,14H2,1-3H3,(H,15,18). The Kier molecular flexibility index (Phi) is 5.59. The number of hydrogen-bond acceptors (Lipinski definition) is 3. The molecule has 0 aromatic heterocycles. The molecule has 0 spiro atoms. The molecule has 8 heteroatoms. The summed E-state index contributed by atoms with van der Waals surface area (Å²) < 4.78 is 37.3. The largest absolute Gasteiger partial charge is 0.415 e. The summed E-state index contributed by atoms with van der Waals surface area (Å²) in [5, 5.41) is 1.90. The fourth-order valence-corrected chi connectivity index (χ4v) is 1.16. The number of likely N-dealkylation sites (N-methyl/N-ethyl adjacent to an activating group) is 1. The fourth-order valence-electron chi connectivity index (χ4n) is 1.16. The third-order valence-electron chi connectivity index (χ3n) is 2.58. The number of rotatable bonds is 5. The van der Waals surface area contributed by atoms with Crippen LogP contribution in [0.3, 0.4) is 0 Å². The molecule has 0 saturated carbocycles. The Hall–Kier alpha value is -1.31. The number of halogens is 3. The molecule has 0 heterocycles. The van der Waals surface area contributed by atoms with Gasteiger partial charge >= 0.3 is 6.18 Å². The van der Waals surface area contributed by atoms with Crippen LogP contribution in [0.1, 0.15) is 20.8 Å². The maximum absolute atomic E-state index is 12.4. The monoisotopic (exact) mass is 269 g/mol. The number of nitrogens with zero attached hydrogens (tertiary/aromatic N) is 1.